The first-order valence-electron chi connectivity index (χ1n) is 5.19. The van der Waals surface area contributed by atoms with Crippen LogP contribution in [0, 0.1) is 5.92 Å². The SMILES string of the molecule is CCCC(C)C(O)c1cccc(Cl)c1Cl. The summed E-state index contributed by atoms with van der Waals surface area (Å²) in [5.74, 6) is 0.200. The van der Waals surface area contributed by atoms with Gasteiger partial charge in [-0.15, -0.1) is 0 Å². The smallest absolute Gasteiger partial charge is 0.0830 e. The number of halogens is 2. The van der Waals surface area contributed by atoms with E-state index in [2.05, 4.69) is 6.92 Å². The van der Waals surface area contributed by atoms with Crippen LogP contribution in [0.1, 0.15) is 38.4 Å². The first kappa shape index (κ1) is 12.8. The number of aliphatic hydroxyl groups excluding tert-OH is 1. The second-order valence-corrected chi connectivity index (χ2v) is 4.64. The number of aliphatic hydroxyl groups is 1. The number of hydrogen-bond donors (Lipinski definition) is 1. The van der Waals surface area contributed by atoms with Gasteiger partial charge in [-0.2, -0.15) is 0 Å². The molecule has 1 rings (SSSR count). The molecule has 2 atom stereocenters. The van der Waals surface area contributed by atoms with Gasteiger partial charge in [0.25, 0.3) is 0 Å². The standard InChI is InChI=1S/C12H16Cl2O/c1-3-5-8(2)12(15)9-6-4-7-10(13)11(9)14/h4,6-8,12,15H,3,5H2,1-2H3. The van der Waals surface area contributed by atoms with Crippen LogP contribution in [0.5, 0.6) is 0 Å². The van der Waals surface area contributed by atoms with Crippen LogP contribution in [0.3, 0.4) is 0 Å². The van der Waals surface area contributed by atoms with Crippen molar-refractivity contribution in [3.8, 4) is 0 Å². The quantitative estimate of drug-likeness (QED) is 0.832. The molecular formula is C12H16Cl2O. The highest BCUT2D eigenvalue weighted by molar-refractivity contribution is 6.42. The van der Waals surface area contributed by atoms with Crippen molar-refractivity contribution in [3.05, 3.63) is 33.8 Å². The lowest BCUT2D eigenvalue weighted by molar-refractivity contribution is 0.112. The van der Waals surface area contributed by atoms with E-state index in [0.29, 0.717) is 10.0 Å². The molecule has 0 aromatic heterocycles. The monoisotopic (exact) mass is 246 g/mol. The second-order valence-electron chi connectivity index (χ2n) is 3.85. The molecule has 0 bridgehead atoms. The van der Waals surface area contributed by atoms with Gasteiger partial charge >= 0.3 is 0 Å². The minimum Gasteiger partial charge on any atom is -0.388 e. The van der Waals surface area contributed by atoms with E-state index >= 15 is 0 Å². The normalized spacial score (nSPS) is 15.0. The summed E-state index contributed by atoms with van der Waals surface area (Å²) >= 11 is 11.9. The van der Waals surface area contributed by atoms with Crippen LogP contribution in [0.15, 0.2) is 18.2 Å². The molecule has 15 heavy (non-hydrogen) atoms. The van der Waals surface area contributed by atoms with E-state index in [1.165, 1.54) is 0 Å². The predicted molar refractivity (Wildman–Crippen MR) is 65.5 cm³/mol. The Labute approximate surface area is 101 Å². The molecule has 84 valence electrons. The van der Waals surface area contributed by atoms with E-state index in [9.17, 15) is 5.11 Å². The van der Waals surface area contributed by atoms with Crippen LogP contribution < -0.4 is 0 Å². The molecule has 1 N–H and O–H groups in total. The fourth-order valence-corrected chi connectivity index (χ4v) is 2.09. The van der Waals surface area contributed by atoms with Crippen molar-refractivity contribution < 1.29 is 5.11 Å². The zero-order valence-electron chi connectivity index (χ0n) is 9.00. The molecule has 0 fully saturated rings. The maximum absolute atomic E-state index is 10.1. The van der Waals surface area contributed by atoms with Gasteiger partial charge < -0.3 is 5.11 Å². The lowest BCUT2D eigenvalue weighted by Gasteiger charge is -2.19. The molecule has 0 amide bonds. The van der Waals surface area contributed by atoms with Crippen LogP contribution in [0.25, 0.3) is 0 Å². The fourth-order valence-electron chi connectivity index (χ4n) is 1.67. The molecule has 1 aromatic rings. The molecule has 0 aliphatic heterocycles. The molecule has 0 spiro atoms. The molecular weight excluding hydrogens is 231 g/mol. The van der Waals surface area contributed by atoms with Gasteiger partial charge in [-0.25, -0.2) is 0 Å². The van der Waals surface area contributed by atoms with Crippen LogP contribution in [0.4, 0.5) is 0 Å². The molecule has 0 saturated carbocycles. The van der Waals surface area contributed by atoms with E-state index in [1.807, 2.05) is 19.1 Å². The summed E-state index contributed by atoms with van der Waals surface area (Å²) in [4.78, 5) is 0. The van der Waals surface area contributed by atoms with E-state index in [4.69, 9.17) is 23.2 Å². The van der Waals surface area contributed by atoms with E-state index in [-0.39, 0.29) is 5.92 Å². The molecule has 0 aliphatic rings. The first-order chi connectivity index (χ1) is 7.07. The van der Waals surface area contributed by atoms with Crippen LogP contribution >= 0.6 is 23.2 Å². The third kappa shape index (κ3) is 3.10. The summed E-state index contributed by atoms with van der Waals surface area (Å²) in [5, 5.41) is 11.0. The van der Waals surface area contributed by atoms with Crippen LogP contribution in [-0.4, -0.2) is 5.11 Å². The Morgan fingerprint density at radius 2 is 2.00 bits per heavy atom. The lowest BCUT2D eigenvalue weighted by Crippen LogP contribution is -2.09. The van der Waals surface area contributed by atoms with Crippen molar-refractivity contribution in [1.82, 2.24) is 0 Å². The first-order valence-corrected chi connectivity index (χ1v) is 5.95. The third-order valence-electron chi connectivity index (χ3n) is 2.58. The summed E-state index contributed by atoms with van der Waals surface area (Å²) in [6, 6.07) is 5.36. The largest absolute Gasteiger partial charge is 0.388 e. The Morgan fingerprint density at radius 3 is 2.60 bits per heavy atom. The molecule has 1 nitrogen and oxygen atoms in total. The Hall–Kier alpha value is -0.240. The summed E-state index contributed by atoms with van der Waals surface area (Å²) in [6.07, 6.45) is 1.50. The molecule has 0 radical (unpaired) electrons. The van der Waals surface area contributed by atoms with Gasteiger partial charge in [0.1, 0.15) is 0 Å². The second kappa shape index (κ2) is 5.74. The minimum atomic E-state index is -0.531. The van der Waals surface area contributed by atoms with Crippen LogP contribution in [0.2, 0.25) is 10.0 Å². The Morgan fingerprint density at radius 1 is 1.33 bits per heavy atom. The van der Waals surface area contributed by atoms with Gasteiger partial charge in [-0.1, -0.05) is 55.6 Å². The minimum absolute atomic E-state index is 0.200. The van der Waals surface area contributed by atoms with Gasteiger partial charge in [0.2, 0.25) is 0 Å². The molecule has 0 saturated heterocycles. The van der Waals surface area contributed by atoms with Gasteiger partial charge in [0.15, 0.2) is 0 Å². The molecule has 2 unspecified atom stereocenters. The summed E-state index contributed by atoms with van der Waals surface area (Å²) in [5.41, 5.74) is 0.727. The lowest BCUT2D eigenvalue weighted by atomic mass is 9.94. The Bertz CT molecular complexity index is 325. The van der Waals surface area contributed by atoms with E-state index in [1.54, 1.807) is 6.07 Å². The zero-order valence-corrected chi connectivity index (χ0v) is 10.5. The fraction of sp³-hybridized carbons (Fsp3) is 0.500. The summed E-state index contributed by atoms with van der Waals surface area (Å²) in [7, 11) is 0. The zero-order chi connectivity index (χ0) is 11.4. The van der Waals surface area contributed by atoms with Crippen LogP contribution in [-0.2, 0) is 0 Å². The van der Waals surface area contributed by atoms with Gasteiger partial charge in [-0.05, 0) is 18.4 Å². The van der Waals surface area contributed by atoms with Gasteiger partial charge in [0.05, 0.1) is 16.1 Å². The van der Waals surface area contributed by atoms with Crippen molar-refractivity contribution in [2.45, 2.75) is 32.8 Å². The Balaban J connectivity index is 2.90. The highest BCUT2D eigenvalue weighted by Gasteiger charge is 2.19. The van der Waals surface area contributed by atoms with E-state index in [0.717, 1.165) is 18.4 Å². The molecule has 0 aliphatic carbocycles. The number of rotatable bonds is 4. The van der Waals surface area contributed by atoms with Gasteiger partial charge in [-0.3, -0.25) is 0 Å². The van der Waals surface area contributed by atoms with Crippen molar-refractivity contribution >= 4 is 23.2 Å². The average molecular weight is 247 g/mol. The molecule has 0 heterocycles. The highest BCUT2D eigenvalue weighted by atomic mass is 35.5. The topological polar surface area (TPSA) is 20.2 Å². The van der Waals surface area contributed by atoms with Gasteiger partial charge in [0, 0.05) is 5.56 Å². The molecule has 1 aromatic carbocycles. The van der Waals surface area contributed by atoms with Crippen molar-refractivity contribution in [2.24, 2.45) is 5.92 Å². The third-order valence-corrected chi connectivity index (χ3v) is 3.42. The predicted octanol–water partition coefficient (Wildman–Crippen LogP) is 4.46. The van der Waals surface area contributed by atoms with Crippen molar-refractivity contribution in [1.29, 1.82) is 0 Å². The Kier molecular flexibility index (Phi) is 4.91. The highest BCUT2D eigenvalue weighted by Crippen LogP contribution is 2.34. The number of benzene rings is 1. The summed E-state index contributed by atoms with van der Waals surface area (Å²) < 4.78 is 0. The maximum atomic E-state index is 10.1. The average Bonchev–Trinajstić information content (AvgIpc) is 2.21. The van der Waals surface area contributed by atoms with Crippen molar-refractivity contribution in [3.63, 3.8) is 0 Å². The van der Waals surface area contributed by atoms with Crippen molar-refractivity contribution in [2.75, 3.05) is 0 Å². The van der Waals surface area contributed by atoms with E-state index < -0.39 is 6.10 Å². The summed E-state index contributed by atoms with van der Waals surface area (Å²) in [6.45, 7) is 4.12. The number of hydrogen-bond acceptors (Lipinski definition) is 1. The molecule has 3 heteroatoms. The maximum Gasteiger partial charge on any atom is 0.0830 e.